The topological polar surface area (TPSA) is 144 Å². The van der Waals surface area contributed by atoms with E-state index >= 15 is 0 Å². The maximum Gasteiger partial charge on any atom is 0.166 e. The van der Waals surface area contributed by atoms with Crippen molar-refractivity contribution >= 4 is 181 Å². The second kappa shape index (κ2) is 34.6. The molecular weight excluding hydrogens is 1770 g/mol. The summed E-state index contributed by atoms with van der Waals surface area (Å²) >= 11 is 0. The predicted molar refractivity (Wildman–Crippen MR) is 595 cm³/mol. The fourth-order valence-corrected chi connectivity index (χ4v) is 21.6. The van der Waals surface area contributed by atoms with Gasteiger partial charge in [0.2, 0.25) is 0 Å². The number of hydrogen-bond acceptors (Lipinski definition) is 10. The van der Waals surface area contributed by atoms with Gasteiger partial charge >= 0.3 is 0 Å². The lowest BCUT2D eigenvalue weighted by molar-refractivity contribution is 0.673. The molecule has 15 nitrogen and oxygen atoms in total. The third-order valence-electron chi connectivity index (χ3n) is 28.1. The van der Waals surface area contributed by atoms with E-state index in [2.05, 4.69) is 386 Å². The van der Waals surface area contributed by atoms with Gasteiger partial charge in [-0.05, 0) is 235 Å². The molecule has 0 radical (unpaired) electrons. The van der Waals surface area contributed by atoms with Crippen molar-refractivity contribution in [2.24, 2.45) is 0 Å². The van der Waals surface area contributed by atoms with Gasteiger partial charge in [0.25, 0.3) is 0 Å². The van der Waals surface area contributed by atoms with Gasteiger partial charge in [-0.1, -0.05) is 273 Å². The summed E-state index contributed by atoms with van der Waals surface area (Å²) < 4.78 is 18.1. The van der Waals surface area contributed by atoms with Crippen LogP contribution in [0.1, 0.15) is 0 Å². The summed E-state index contributed by atoms with van der Waals surface area (Å²) in [5, 5.41) is 13.9. The van der Waals surface area contributed by atoms with Gasteiger partial charge in [-0.25, -0.2) is 29.9 Å². The summed E-state index contributed by atoms with van der Waals surface area (Å²) in [6.45, 7) is 0. The average molecular weight is 1860 g/mol. The van der Waals surface area contributed by atoms with Crippen LogP contribution in [0.25, 0.3) is 249 Å². The van der Waals surface area contributed by atoms with E-state index in [0.717, 1.165) is 223 Å². The van der Waals surface area contributed by atoms with Gasteiger partial charge in [0.15, 0.2) is 17.5 Å². The Labute approximate surface area is 830 Å². The highest BCUT2D eigenvalue weighted by atomic mass is 16.3. The average Bonchev–Trinajstić information content (AvgIpc) is 1.53. The second-order valence-electron chi connectivity index (χ2n) is 36.4. The standard InChI is InChI=1S/C44H30N4.C43H25N5O.C43H27N5/c1-4-14-32(15-5-1)43-44(46-40-22-12-11-21-39(40)45-43)48-41-23-13-10-20-37(41)38-30-33(26-29-42(38)48)31-24-27-36(28-25-31)47(34-16-6-2-7-17-34)35-18-8-3-9-19-35;1-2-12-26(13-3-1)47-36-22-21-29-28-15-5-9-20-39(28)49-42(29)40(36)31-24-30-27-14-4-8-19-35(27)48(37(30)25-38(31)47)43-41(34-18-10-11-23-44-34)45-32-16-6-7-17-33(32)46-43;1-2-12-30(13-3-1)47-38-19-8-4-14-31(38)33-26-28(21-23-40(33)47)29-22-24-41-34(27-29)32-15-5-9-20-39(32)48(41)43-42(37-18-10-11-25-44-37)45-35-16-6-7-17-36(35)46-43/h1-30H;1-25H;1-27H. The molecule has 0 saturated carbocycles. The molecule has 0 aliphatic heterocycles. The number of nitrogens with zero attached hydrogens (tertiary/aromatic N) is 14. The Bertz CT molecular complexity index is 10300. The van der Waals surface area contributed by atoms with Crippen molar-refractivity contribution in [3.63, 3.8) is 0 Å². The molecule has 11 aromatic heterocycles. The Morgan fingerprint density at radius 3 is 0.972 bits per heavy atom. The van der Waals surface area contributed by atoms with Gasteiger partial charge < -0.3 is 18.5 Å². The molecule has 15 heteroatoms. The monoisotopic (exact) mass is 1850 g/mol. The predicted octanol–water partition coefficient (Wildman–Crippen LogP) is 32.9. The van der Waals surface area contributed by atoms with Gasteiger partial charge in [-0.3, -0.25) is 23.7 Å². The van der Waals surface area contributed by atoms with E-state index in [1.165, 1.54) is 43.7 Å². The molecular formula is C130H82N14O. The van der Waals surface area contributed by atoms with Crippen LogP contribution in [0.2, 0.25) is 0 Å². The molecule has 0 N–H and O–H groups in total. The Hall–Kier alpha value is -19.9. The summed E-state index contributed by atoms with van der Waals surface area (Å²) in [6.07, 6.45) is 3.62. The van der Waals surface area contributed by atoms with Crippen molar-refractivity contribution < 1.29 is 4.42 Å². The molecule has 145 heavy (non-hydrogen) atoms. The van der Waals surface area contributed by atoms with Gasteiger partial charge in [0.1, 0.15) is 28.2 Å². The van der Waals surface area contributed by atoms with Crippen LogP contribution in [0.3, 0.4) is 0 Å². The minimum atomic E-state index is 0.731. The van der Waals surface area contributed by atoms with E-state index in [9.17, 15) is 0 Å². The lowest BCUT2D eigenvalue weighted by Crippen LogP contribution is -2.09. The highest BCUT2D eigenvalue weighted by Gasteiger charge is 2.29. The first kappa shape index (κ1) is 83.3. The third kappa shape index (κ3) is 14.1. The van der Waals surface area contributed by atoms with Crippen molar-refractivity contribution in [3.8, 4) is 85.1 Å². The summed E-state index contributed by atoms with van der Waals surface area (Å²) in [7, 11) is 0. The van der Waals surface area contributed by atoms with E-state index in [-0.39, 0.29) is 0 Å². The molecule has 0 saturated heterocycles. The summed E-state index contributed by atoms with van der Waals surface area (Å²) in [5.41, 5.74) is 33.1. The summed E-state index contributed by atoms with van der Waals surface area (Å²) in [5.74, 6) is 2.33. The quantitative estimate of drug-likeness (QED) is 0.109. The molecule has 0 atom stereocenters. The maximum atomic E-state index is 6.66. The van der Waals surface area contributed by atoms with Crippen molar-refractivity contribution in [2.75, 3.05) is 4.90 Å². The van der Waals surface area contributed by atoms with Gasteiger partial charge in [0.05, 0.1) is 105 Å². The molecule has 0 unspecified atom stereocenters. The molecule has 11 heterocycles. The minimum Gasteiger partial charge on any atom is -0.455 e. The Kier molecular flexibility index (Phi) is 19.9. The zero-order valence-electron chi connectivity index (χ0n) is 78.0. The molecule has 0 aliphatic rings. The Balaban J connectivity index is 0.000000106. The molecule has 0 aliphatic carbocycles. The lowest BCUT2D eigenvalue weighted by Gasteiger charge is -2.25. The van der Waals surface area contributed by atoms with E-state index < -0.39 is 0 Å². The molecule has 19 aromatic carbocycles. The second-order valence-corrected chi connectivity index (χ2v) is 36.4. The van der Waals surface area contributed by atoms with Gasteiger partial charge in [-0.2, -0.15) is 0 Å². The zero-order valence-corrected chi connectivity index (χ0v) is 78.0. The fourth-order valence-electron chi connectivity index (χ4n) is 21.6. The molecule has 0 bridgehead atoms. The number of aromatic nitrogens is 13. The number of furan rings is 1. The van der Waals surface area contributed by atoms with Crippen molar-refractivity contribution in [1.29, 1.82) is 0 Å². The molecule has 0 fully saturated rings. The van der Waals surface area contributed by atoms with Crippen LogP contribution >= 0.6 is 0 Å². The first-order chi connectivity index (χ1) is 71.9. The number of anilines is 3. The minimum absolute atomic E-state index is 0.731. The number of rotatable bonds is 13. The van der Waals surface area contributed by atoms with Crippen molar-refractivity contribution in [1.82, 2.24) is 62.7 Å². The first-order valence-electron chi connectivity index (χ1n) is 48.7. The first-order valence-corrected chi connectivity index (χ1v) is 48.7. The van der Waals surface area contributed by atoms with Crippen LogP contribution in [-0.4, -0.2) is 62.7 Å². The molecule has 678 valence electrons. The van der Waals surface area contributed by atoms with Gasteiger partial charge in [0, 0.05) is 106 Å². The molecule has 30 rings (SSSR count). The third-order valence-corrected chi connectivity index (χ3v) is 28.1. The Morgan fingerprint density at radius 1 is 0.186 bits per heavy atom. The number of para-hydroxylation sites is 15. The molecule has 0 spiro atoms. The SMILES string of the molecule is c1ccc(-c2nc3ccccc3nc2-n2c3ccccc3c3cc(-c4ccc(N(c5ccccc5)c5ccccc5)cc4)ccc32)cc1.c1ccc(-n2c3cc4c(cc3c3c5oc6ccccc6c5ccc32)c2ccccc2n4-c2nc3ccccc3nc2-c2ccccn2)cc1.c1ccc(-n2c3ccccc3c3cc(-c4ccc5c(c4)c4ccccc4n5-c4nc5ccccc5nc4-c4ccccn4)ccc32)cc1. The van der Waals surface area contributed by atoms with Crippen molar-refractivity contribution in [3.05, 3.63) is 498 Å². The number of fused-ring (bicyclic) bond motifs is 22. The normalized spacial score (nSPS) is 11.7. The number of hydrogen-bond donors (Lipinski definition) is 0. The highest BCUT2D eigenvalue weighted by Crippen LogP contribution is 2.48. The summed E-state index contributed by atoms with van der Waals surface area (Å²) in [4.78, 5) is 42.9. The Morgan fingerprint density at radius 2 is 0.510 bits per heavy atom. The highest BCUT2D eigenvalue weighted by molar-refractivity contribution is 6.27. The van der Waals surface area contributed by atoms with E-state index in [1.807, 2.05) is 140 Å². The van der Waals surface area contributed by atoms with Crippen LogP contribution in [0.5, 0.6) is 0 Å². The maximum absolute atomic E-state index is 6.66. The van der Waals surface area contributed by atoms with E-state index in [1.54, 1.807) is 0 Å². The van der Waals surface area contributed by atoms with E-state index in [4.69, 9.17) is 44.3 Å². The van der Waals surface area contributed by atoms with Gasteiger partial charge in [-0.15, -0.1) is 0 Å². The van der Waals surface area contributed by atoms with Crippen LogP contribution < -0.4 is 4.90 Å². The van der Waals surface area contributed by atoms with E-state index in [0.29, 0.717) is 0 Å². The zero-order chi connectivity index (χ0) is 95.5. The smallest absolute Gasteiger partial charge is 0.166 e. The number of benzene rings is 19. The van der Waals surface area contributed by atoms with Crippen LogP contribution in [-0.2, 0) is 0 Å². The van der Waals surface area contributed by atoms with Crippen LogP contribution in [0, 0.1) is 0 Å². The van der Waals surface area contributed by atoms with Crippen LogP contribution in [0.15, 0.2) is 502 Å². The number of pyridine rings is 2. The van der Waals surface area contributed by atoms with Crippen LogP contribution in [0.4, 0.5) is 17.1 Å². The summed E-state index contributed by atoms with van der Waals surface area (Å²) in [6, 6.07) is 169. The largest absolute Gasteiger partial charge is 0.455 e. The molecule has 0 amide bonds. The fraction of sp³-hybridized carbons (Fsp3) is 0. The van der Waals surface area contributed by atoms with Crippen molar-refractivity contribution in [2.45, 2.75) is 0 Å². The molecule has 30 aromatic rings. The lowest BCUT2D eigenvalue weighted by atomic mass is 10.0.